The Morgan fingerprint density at radius 3 is 2.42 bits per heavy atom. The zero-order chi connectivity index (χ0) is 9.41. The summed E-state index contributed by atoms with van der Waals surface area (Å²) in [7, 11) is 0. The molecule has 0 saturated carbocycles. The summed E-state index contributed by atoms with van der Waals surface area (Å²) >= 11 is 1.68. The highest BCUT2D eigenvalue weighted by Gasteiger charge is 2.43. The molecule has 3 heteroatoms. The zero-order valence-corrected chi connectivity index (χ0v) is 9.03. The monoisotopic (exact) mass is 187 g/mol. The van der Waals surface area contributed by atoms with E-state index in [1.165, 1.54) is 0 Å². The molecule has 0 amide bonds. The molecule has 1 rings (SSSR count). The second kappa shape index (κ2) is 3.04. The second-order valence-electron chi connectivity index (χ2n) is 4.21. The maximum Gasteiger partial charge on any atom is 0.171 e. The average Bonchev–Trinajstić information content (AvgIpc) is 2.31. The largest absolute Gasteiger partial charge is 0.368 e. The smallest absolute Gasteiger partial charge is 0.171 e. The highest BCUT2D eigenvalue weighted by atomic mass is 32.2. The first-order valence-electron chi connectivity index (χ1n) is 4.33. The molecular formula is C9H17NOS. The van der Waals surface area contributed by atoms with Crippen molar-refractivity contribution in [2.24, 2.45) is 10.4 Å². The van der Waals surface area contributed by atoms with Crippen molar-refractivity contribution in [1.29, 1.82) is 0 Å². The van der Waals surface area contributed by atoms with Crippen molar-refractivity contribution in [1.82, 2.24) is 0 Å². The standard InChI is InChI=1S/C9H17NOS/c1-5-7-10-9(11,6-12-7)8(2,3)4/h11H,5-6H2,1-4H3. The molecule has 0 saturated heterocycles. The fourth-order valence-electron chi connectivity index (χ4n) is 1.02. The van der Waals surface area contributed by atoms with Gasteiger partial charge in [-0.25, -0.2) is 4.99 Å². The topological polar surface area (TPSA) is 32.6 Å². The number of thioether (sulfide) groups is 1. The molecule has 0 radical (unpaired) electrons. The van der Waals surface area contributed by atoms with Gasteiger partial charge in [0.25, 0.3) is 0 Å². The van der Waals surface area contributed by atoms with Crippen LogP contribution >= 0.6 is 11.8 Å². The molecule has 1 heterocycles. The van der Waals surface area contributed by atoms with Gasteiger partial charge < -0.3 is 5.11 Å². The number of nitrogens with zero attached hydrogens (tertiary/aromatic N) is 1. The lowest BCUT2D eigenvalue weighted by molar-refractivity contribution is -0.0260. The van der Waals surface area contributed by atoms with Crippen LogP contribution in [0.5, 0.6) is 0 Å². The van der Waals surface area contributed by atoms with Crippen molar-refractivity contribution in [3.63, 3.8) is 0 Å². The van der Waals surface area contributed by atoms with E-state index in [9.17, 15) is 5.11 Å². The van der Waals surface area contributed by atoms with E-state index < -0.39 is 5.72 Å². The molecule has 1 N–H and O–H groups in total. The molecule has 0 aromatic heterocycles. The first-order chi connectivity index (χ1) is 5.39. The van der Waals surface area contributed by atoms with Crippen LogP contribution in [-0.4, -0.2) is 21.6 Å². The molecule has 0 spiro atoms. The lowest BCUT2D eigenvalue weighted by atomic mass is 9.85. The molecule has 12 heavy (non-hydrogen) atoms. The van der Waals surface area contributed by atoms with E-state index in [1.54, 1.807) is 11.8 Å². The SMILES string of the molecule is CCC1=NC(O)(C(C)(C)C)CS1. The second-order valence-corrected chi connectivity index (χ2v) is 5.26. The summed E-state index contributed by atoms with van der Waals surface area (Å²) in [6.45, 7) is 8.14. The summed E-state index contributed by atoms with van der Waals surface area (Å²) in [5, 5.41) is 11.2. The van der Waals surface area contributed by atoms with Crippen molar-refractivity contribution in [2.45, 2.75) is 39.8 Å². The van der Waals surface area contributed by atoms with Crippen LogP contribution in [0.4, 0.5) is 0 Å². The maximum atomic E-state index is 10.1. The Morgan fingerprint density at radius 1 is 1.58 bits per heavy atom. The van der Waals surface area contributed by atoms with Crippen LogP contribution in [0.1, 0.15) is 34.1 Å². The van der Waals surface area contributed by atoms with Crippen molar-refractivity contribution in [3.8, 4) is 0 Å². The summed E-state index contributed by atoms with van der Waals surface area (Å²) in [6.07, 6.45) is 0.934. The molecular weight excluding hydrogens is 170 g/mol. The van der Waals surface area contributed by atoms with Gasteiger partial charge in [0.05, 0.1) is 5.04 Å². The molecule has 0 aromatic carbocycles. The third-order valence-corrected chi connectivity index (χ3v) is 3.51. The minimum atomic E-state index is -0.844. The highest BCUT2D eigenvalue weighted by Crippen LogP contribution is 2.40. The van der Waals surface area contributed by atoms with Crippen LogP contribution in [0.3, 0.4) is 0 Å². The average molecular weight is 187 g/mol. The Kier molecular flexibility index (Phi) is 2.55. The van der Waals surface area contributed by atoms with Gasteiger partial charge in [0, 0.05) is 11.2 Å². The van der Waals surface area contributed by atoms with E-state index >= 15 is 0 Å². The summed E-state index contributed by atoms with van der Waals surface area (Å²) in [5.74, 6) is 0.708. The Balaban J connectivity index is 2.83. The highest BCUT2D eigenvalue weighted by molar-refractivity contribution is 8.14. The van der Waals surface area contributed by atoms with Crippen LogP contribution in [-0.2, 0) is 0 Å². The van der Waals surface area contributed by atoms with Gasteiger partial charge in [-0.1, -0.05) is 27.7 Å². The van der Waals surface area contributed by atoms with Crippen LogP contribution in [0.15, 0.2) is 4.99 Å². The zero-order valence-electron chi connectivity index (χ0n) is 8.22. The van der Waals surface area contributed by atoms with Crippen molar-refractivity contribution in [3.05, 3.63) is 0 Å². The summed E-state index contributed by atoms with van der Waals surface area (Å²) in [5.41, 5.74) is -1.00. The predicted molar refractivity (Wildman–Crippen MR) is 54.6 cm³/mol. The van der Waals surface area contributed by atoms with E-state index in [-0.39, 0.29) is 5.41 Å². The number of aliphatic imine (C=N–C) groups is 1. The Bertz CT molecular complexity index is 207. The molecule has 0 fully saturated rings. The number of rotatable bonds is 1. The van der Waals surface area contributed by atoms with Gasteiger partial charge in [-0.2, -0.15) is 0 Å². The molecule has 70 valence electrons. The molecule has 1 atom stereocenters. The fourth-order valence-corrected chi connectivity index (χ4v) is 2.31. The molecule has 2 nitrogen and oxygen atoms in total. The Labute approximate surface area is 78.5 Å². The number of hydrogen-bond acceptors (Lipinski definition) is 3. The predicted octanol–water partition coefficient (Wildman–Crippen LogP) is 2.28. The fraction of sp³-hybridized carbons (Fsp3) is 0.889. The first kappa shape index (κ1) is 10.1. The summed E-state index contributed by atoms with van der Waals surface area (Å²) in [6, 6.07) is 0. The van der Waals surface area contributed by atoms with Gasteiger partial charge in [0.1, 0.15) is 0 Å². The van der Waals surface area contributed by atoms with Crippen LogP contribution in [0.25, 0.3) is 0 Å². The molecule has 1 unspecified atom stereocenters. The molecule has 0 aliphatic carbocycles. The maximum absolute atomic E-state index is 10.1. The molecule has 0 bridgehead atoms. The molecule has 1 aliphatic heterocycles. The number of aliphatic hydroxyl groups is 1. The summed E-state index contributed by atoms with van der Waals surface area (Å²) in [4.78, 5) is 4.34. The van der Waals surface area contributed by atoms with Crippen molar-refractivity contribution in [2.75, 3.05) is 5.75 Å². The van der Waals surface area contributed by atoms with Gasteiger partial charge in [0.15, 0.2) is 5.72 Å². The van der Waals surface area contributed by atoms with E-state index in [0.29, 0.717) is 5.75 Å². The normalized spacial score (nSPS) is 30.6. The van der Waals surface area contributed by atoms with Crippen LogP contribution in [0.2, 0.25) is 0 Å². The summed E-state index contributed by atoms with van der Waals surface area (Å²) < 4.78 is 0. The minimum Gasteiger partial charge on any atom is -0.368 e. The van der Waals surface area contributed by atoms with Crippen LogP contribution in [0, 0.1) is 5.41 Å². The van der Waals surface area contributed by atoms with E-state index in [4.69, 9.17) is 0 Å². The van der Waals surface area contributed by atoms with Crippen molar-refractivity contribution >= 4 is 16.8 Å². The van der Waals surface area contributed by atoms with Crippen LogP contribution < -0.4 is 0 Å². The lowest BCUT2D eigenvalue weighted by Crippen LogP contribution is -2.41. The van der Waals surface area contributed by atoms with Crippen molar-refractivity contribution < 1.29 is 5.11 Å². The first-order valence-corrected chi connectivity index (χ1v) is 5.31. The Morgan fingerprint density at radius 2 is 2.17 bits per heavy atom. The third kappa shape index (κ3) is 1.67. The van der Waals surface area contributed by atoms with Gasteiger partial charge in [0.2, 0.25) is 0 Å². The van der Waals surface area contributed by atoms with E-state index in [1.807, 2.05) is 20.8 Å². The molecule has 0 aromatic rings. The lowest BCUT2D eigenvalue weighted by Gasteiger charge is -2.33. The minimum absolute atomic E-state index is 0.156. The number of hydrogen-bond donors (Lipinski definition) is 1. The quantitative estimate of drug-likeness (QED) is 0.683. The molecule has 1 aliphatic rings. The Hall–Kier alpha value is -0.0200. The third-order valence-electron chi connectivity index (χ3n) is 2.25. The van der Waals surface area contributed by atoms with Gasteiger partial charge in [-0.05, 0) is 6.42 Å². The van der Waals surface area contributed by atoms with E-state index in [2.05, 4.69) is 11.9 Å². The van der Waals surface area contributed by atoms with Gasteiger partial charge in [-0.15, -0.1) is 11.8 Å². The van der Waals surface area contributed by atoms with Gasteiger partial charge in [-0.3, -0.25) is 0 Å². The van der Waals surface area contributed by atoms with Gasteiger partial charge >= 0.3 is 0 Å². The van der Waals surface area contributed by atoms with E-state index in [0.717, 1.165) is 11.5 Å².